The van der Waals surface area contributed by atoms with E-state index in [9.17, 15) is 9.18 Å². The van der Waals surface area contributed by atoms with Gasteiger partial charge in [0.05, 0.1) is 6.61 Å². The molecule has 5 heteroatoms. The molecule has 0 bridgehead atoms. The normalized spacial score (nSPS) is 10.3. The fourth-order valence-corrected chi connectivity index (χ4v) is 1.64. The molecule has 0 spiro atoms. The van der Waals surface area contributed by atoms with E-state index < -0.39 is 0 Å². The number of unbranched alkanes of at least 4 members (excludes halogenated alkanes) is 1. The van der Waals surface area contributed by atoms with Crippen LogP contribution in [0.4, 0.5) is 4.39 Å². The number of rotatable bonds is 8. The van der Waals surface area contributed by atoms with E-state index in [4.69, 9.17) is 16.2 Å². The quantitative estimate of drug-likeness (QED) is 0.687. The molecule has 0 aromatic heterocycles. The van der Waals surface area contributed by atoms with E-state index in [1.165, 1.54) is 6.07 Å². The maximum absolute atomic E-state index is 13.6. The first kappa shape index (κ1) is 14.4. The van der Waals surface area contributed by atoms with Crippen molar-refractivity contribution in [3.63, 3.8) is 0 Å². The number of ether oxygens (including phenoxy) is 1. The molecule has 1 aromatic rings. The summed E-state index contributed by atoms with van der Waals surface area (Å²) in [6.07, 6.45) is 2.22. The maximum atomic E-state index is 13.6. The van der Waals surface area contributed by atoms with Gasteiger partial charge >= 0.3 is 0 Å². The Morgan fingerprint density at radius 3 is 2.78 bits per heavy atom. The summed E-state index contributed by atoms with van der Waals surface area (Å²) >= 11 is 0. The molecule has 1 rings (SSSR count). The van der Waals surface area contributed by atoms with Crippen molar-refractivity contribution in [2.75, 3.05) is 13.2 Å². The topological polar surface area (TPSA) is 78.3 Å². The molecule has 100 valence electrons. The summed E-state index contributed by atoms with van der Waals surface area (Å²) < 4.78 is 19.0. The van der Waals surface area contributed by atoms with Gasteiger partial charge < -0.3 is 16.2 Å². The van der Waals surface area contributed by atoms with Gasteiger partial charge in [-0.2, -0.15) is 0 Å². The lowest BCUT2D eigenvalue weighted by molar-refractivity contribution is -0.118. The Balaban J connectivity index is 2.47. The van der Waals surface area contributed by atoms with Crippen LogP contribution in [0, 0.1) is 5.82 Å². The van der Waals surface area contributed by atoms with Crippen molar-refractivity contribution in [2.24, 2.45) is 11.5 Å². The zero-order chi connectivity index (χ0) is 13.4. The molecule has 0 heterocycles. The highest BCUT2D eigenvalue weighted by molar-refractivity contribution is 5.73. The standard InChI is InChI=1S/C13H19FN2O2/c14-11-5-3-4-10(7-8-15)13(11)18-9-2-1-6-12(16)17/h3-5H,1-2,6-9,15H2,(H2,16,17). The van der Waals surface area contributed by atoms with Crippen LogP contribution in [0.3, 0.4) is 0 Å². The smallest absolute Gasteiger partial charge is 0.217 e. The van der Waals surface area contributed by atoms with Crippen molar-refractivity contribution >= 4 is 5.91 Å². The first-order chi connectivity index (χ1) is 8.65. The van der Waals surface area contributed by atoms with Crippen LogP contribution < -0.4 is 16.2 Å². The average molecular weight is 254 g/mol. The molecule has 1 aromatic carbocycles. The van der Waals surface area contributed by atoms with Crippen LogP contribution in [0.1, 0.15) is 24.8 Å². The number of benzene rings is 1. The Kier molecular flexibility index (Phi) is 6.14. The molecule has 4 N–H and O–H groups in total. The second-order valence-corrected chi connectivity index (χ2v) is 4.04. The number of carbonyl (C=O) groups is 1. The number of amides is 1. The molecule has 0 fully saturated rings. The highest BCUT2D eigenvalue weighted by Gasteiger charge is 2.09. The fourth-order valence-electron chi connectivity index (χ4n) is 1.64. The fraction of sp³-hybridized carbons (Fsp3) is 0.462. The van der Waals surface area contributed by atoms with Gasteiger partial charge in [0.15, 0.2) is 11.6 Å². The first-order valence-electron chi connectivity index (χ1n) is 6.03. The van der Waals surface area contributed by atoms with Gasteiger partial charge in [0.25, 0.3) is 0 Å². The van der Waals surface area contributed by atoms with Crippen molar-refractivity contribution in [1.82, 2.24) is 0 Å². The molecule has 4 nitrogen and oxygen atoms in total. The zero-order valence-electron chi connectivity index (χ0n) is 10.3. The minimum atomic E-state index is -0.379. The number of halogens is 1. The van der Waals surface area contributed by atoms with Crippen molar-refractivity contribution in [3.8, 4) is 5.75 Å². The Bertz CT molecular complexity index is 397. The van der Waals surface area contributed by atoms with Gasteiger partial charge in [-0.1, -0.05) is 12.1 Å². The number of carbonyl (C=O) groups excluding carboxylic acids is 1. The monoisotopic (exact) mass is 254 g/mol. The Morgan fingerprint density at radius 1 is 1.33 bits per heavy atom. The predicted molar refractivity (Wildman–Crippen MR) is 67.7 cm³/mol. The van der Waals surface area contributed by atoms with E-state index in [1.54, 1.807) is 12.1 Å². The largest absolute Gasteiger partial charge is 0.490 e. The van der Waals surface area contributed by atoms with E-state index >= 15 is 0 Å². The minimum absolute atomic E-state index is 0.266. The summed E-state index contributed by atoms with van der Waals surface area (Å²) in [6, 6.07) is 4.80. The van der Waals surface area contributed by atoms with E-state index in [1.807, 2.05) is 0 Å². The molecule has 0 aliphatic heterocycles. The van der Waals surface area contributed by atoms with Crippen molar-refractivity contribution < 1.29 is 13.9 Å². The highest BCUT2D eigenvalue weighted by Crippen LogP contribution is 2.23. The number of primary amides is 1. The Morgan fingerprint density at radius 2 is 2.11 bits per heavy atom. The molecule has 0 atom stereocenters. The van der Waals surface area contributed by atoms with Crippen molar-refractivity contribution in [3.05, 3.63) is 29.6 Å². The minimum Gasteiger partial charge on any atom is -0.490 e. The highest BCUT2D eigenvalue weighted by atomic mass is 19.1. The number of nitrogens with two attached hydrogens (primary N) is 2. The summed E-state index contributed by atoms with van der Waals surface area (Å²) in [6.45, 7) is 0.813. The summed E-state index contributed by atoms with van der Waals surface area (Å²) in [7, 11) is 0. The summed E-state index contributed by atoms with van der Waals surface area (Å²) in [5.74, 6) is -0.442. The third-order valence-corrected chi connectivity index (χ3v) is 2.53. The second kappa shape index (κ2) is 7.66. The summed E-state index contributed by atoms with van der Waals surface area (Å²) in [4.78, 5) is 10.5. The first-order valence-corrected chi connectivity index (χ1v) is 6.03. The third kappa shape index (κ3) is 4.71. The van der Waals surface area contributed by atoms with E-state index in [0.717, 1.165) is 5.56 Å². The van der Waals surface area contributed by atoms with Crippen LogP contribution in [-0.2, 0) is 11.2 Å². The lowest BCUT2D eigenvalue weighted by Gasteiger charge is -2.11. The number of hydrogen-bond donors (Lipinski definition) is 2. The predicted octanol–water partition coefficient (Wildman–Crippen LogP) is 1.36. The zero-order valence-corrected chi connectivity index (χ0v) is 10.3. The van der Waals surface area contributed by atoms with Gasteiger partial charge in [0, 0.05) is 6.42 Å². The SMILES string of the molecule is NCCc1cccc(F)c1OCCCCC(N)=O. The molecule has 0 aliphatic carbocycles. The molecular formula is C13H19FN2O2. The van der Waals surface area contributed by atoms with Gasteiger partial charge in [-0.05, 0) is 37.4 Å². The number of para-hydroxylation sites is 1. The van der Waals surface area contributed by atoms with E-state index in [2.05, 4.69) is 0 Å². The third-order valence-electron chi connectivity index (χ3n) is 2.53. The molecule has 18 heavy (non-hydrogen) atoms. The summed E-state index contributed by atoms with van der Waals surface area (Å²) in [5, 5.41) is 0. The van der Waals surface area contributed by atoms with E-state index in [-0.39, 0.29) is 17.5 Å². The molecule has 0 unspecified atom stereocenters. The van der Waals surface area contributed by atoms with Crippen LogP contribution in [0.25, 0.3) is 0 Å². The number of hydrogen-bond acceptors (Lipinski definition) is 3. The molecular weight excluding hydrogens is 235 g/mol. The summed E-state index contributed by atoms with van der Waals surface area (Å²) in [5.41, 5.74) is 11.3. The molecule has 0 aliphatic rings. The second-order valence-electron chi connectivity index (χ2n) is 4.04. The van der Waals surface area contributed by atoms with Crippen LogP contribution in [-0.4, -0.2) is 19.1 Å². The van der Waals surface area contributed by atoms with Gasteiger partial charge in [0.2, 0.25) is 5.91 Å². The molecule has 0 saturated carbocycles. The van der Waals surface area contributed by atoms with E-state index in [0.29, 0.717) is 38.8 Å². The maximum Gasteiger partial charge on any atom is 0.217 e. The van der Waals surface area contributed by atoms with Gasteiger partial charge in [-0.15, -0.1) is 0 Å². The van der Waals surface area contributed by atoms with Crippen molar-refractivity contribution in [2.45, 2.75) is 25.7 Å². The van der Waals surface area contributed by atoms with Gasteiger partial charge in [-0.3, -0.25) is 4.79 Å². The molecule has 0 radical (unpaired) electrons. The van der Waals surface area contributed by atoms with Crippen LogP contribution in [0.5, 0.6) is 5.75 Å². The van der Waals surface area contributed by atoms with Crippen LogP contribution in [0.2, 0.25) is 0 Å². The van der Waals surface area contributed by atoms with Crippen molar-refractivity contribution in [1.29, 1.82) is 0 Å². The van der Waals surface area contributed by atoms with Gasteiger partial charge in [-0.25, -0.2) is 4.39 Å². The average Bonchev–Trinajstić information content (AvgIpc) is 2.32. The van der Waals surface area contributed by atoms with Crippen LogP contribution >= 0.6 is 0 Å². The van der Waals surface area contributed by atoms with Crippen LogP contribution in [0.15, 0.2) is 18.2 Å². The lowest BCUT2D eigenvalue weighted by Crippen LogP contribution is -2.11. The Labute approximate surface area is 106 Å². The van der Waals surface area contributed by atoms with Gasteiger partial charge in [0.1, 0.15) is 0 Å². The molecule has 0 saturated heterocycles. The molecule has 1 amide bonds. The lowest BCUT2D eigenvalue weighted by atomic mass is 10.1. The Hall–Kier alpha value is -1.62.